The smallest absolute Gasteiger partial charge is 0.315 e. The van der Waals surface area contributed by atoms with Crippen LogP contribution in [0.15, 0.2) is 0 Å². The fraction of sp³-hybridized carbons (Fsp3) is 0.875. The minimum Gasteiger partial charge on any atom is -0.315 e. The summed E-state index contributed by atoms with van der Waals surface area (Å²) in [6, 6.07) is 0. The Morgan fingerprint density at radius 3 is 2.30 bits per heavy atom. The van der Waals surface area contributed by atoms with E-state index in [4.69, 9.17) is 9.16 Å². The van der Waals surface area contributed by atoms with E-state index in [1.807, 2.05) is 6.92 Å². The monoisotopic (exact) mass is 143 g/mol. The molecule has 0 aromatic rings. The number of rotatable bonds is 0. The van der Waals surface area contributed by atoms with E-state index in [1.54, 1.807) is 0 Å². The van der Waals surface area contributed by atoms with E-state index < -0.39 is 0 Å². The molecular formula is C8H15O2+. The average Bonchev–Trinajstić information content (AvgIpc) is 2.11. The summed E-state index contributed by atoms with van der Waals surface area (Å²) in [5.41, 5.74) is 0.192. The van der Waals surface area contributed by atoms with Gasteiger partial charge in [-0.25, -0.2) is 0 Å². The average molecular weight is 143 g/mol. The normalized spacial score (nSPS) is 26.0. The molecule has 0 fully saturated rings. The van der Waals surface area contributed by atoms with Gasteiger partial charge in [-0.05, 0) is 0 Å². The fourth-order valence-corrected chi connectivity index (χ4v) is 0.888. The number of hydrogen-bond acceptors (Lipinski definition) is 1. The maximum atomic E-state index is 5.42. The van der Waals surface area contributed by atoms with Crippen molar-refractivity contribution in [3.05, 3.63) is 0 Å². The van der Waals surface area contributed by atoms with Crippen LogP contribution in [0.25, 0.3) is 0 Å². The summed E-state index contributed by atoms with van der Waals surface area (Å²) in [5, 5.41) is 0. The van der Waals surface area contributed by atoms with E-state index in [0.29, 0.717) is 12.6 Å². The standard InChI is InChI=1S/C8H15O2/c1-6-9-5-7(10-6)8(2,3)4/h7H,5H2,1-4H3/q+1. The first-order valence-corrected chi connectivity index (χ1v) is 3.63. The van der Waals surface area contributed by atoms with Gasteiger partial charge in [-0.15, -0.1) is 0 Å². The minimum absolute atomic E-state index is 0.192. The van der Waals surface area contributed by atoms with Gasteiger partial charge in [0.05, 0.1) is 6.92 Å². The Hall–Kier alpha value is -0.530. The molecule has 1 aliphatic heterocycles. The highest BCUT2D eigenvalue weighted by atomic mass is 16.6. The van der Waals surface area contributed by atoms with Crippen molar-refractivity contribution in [3.63, 3.8) is 0 Å². The molecule has 0 radical (unpaired) electrons. The van der Waals surface area contributed by atoms with Gasteiger partial charge < -0.3 is 9.16 Å². The molecule has 0 N–H and O–H groups in total. The fourth-order valence-electron chi connectivity index (χ4n) is 0.888. The largest absolute Gasteiger partial charge is 0.482 e. The first-order valence-electron chi connectivity index (χ1n) is 3.63. The van der Waals surface area contributed by atoms with Gasteiger partial charge in [0.1, 0.15) is 0 Å². The molecule has 0 aromatic heterocycles. The molecule has 1 atom stereocenters. The van der Waals surface area contributed by atoms with Crippen LogP contribution in [0.2, 0.25) is 0 Å². The quantitative estimate of drug-likeness (QED) is 0.372. The zero-order chi connectivity index (χ0) is 7.78. The molecular weight excluding hydrogens is 128 g/mol. The molecule has 0 bridgehead atoms. The summed E-state index contributed by atoms with van der Waals surface area (Å²) < 4.78 is 10.6. The Balaban J connectivity index is 2.50. The van der Waals surface area contributed by atoms with E-state index in [2.05, 4.69) is 20.8 Å². The second-order valence-corrected chi connectivity index (χ2v) is 3.78. The summed E-state index contributed by atoms with van der Waals surface area (Å²) in [5.74, 6) is 0.708. The van der Waals surface area contributed by atoms with Crippen LogP contribution in [0.1, 0.15) is 27.7 Å². The molecule has 1 unspecified atom stereocenters. The lowest BCUT2D eigenvalue weighted by Gasteiger charge is -2.17. The Morgan fingerprint density at radius 2 is 2.10 bits per heavy atom. The highest BCUT2D eigenvalue weighted by Crippen LogP contribution is 2.24. The van der Waals surface area contributed by atoms with Crippen molar-refractivity contribution in [1.82, 2.24) is 0 Å². The van der Waals surface area contributed by atoms with Gasteiger partial charge >= 0.3 is 5.97 Å². The maximum Gasteiger partial charge on any atom is 0.482 e. The zero-order valence-corrected chi connectivity index (χ0v) is 7.10. The first-order chi connectivity index (χ1) is 4.50. The van der Waals surface area contributed by atoms with E-state index in [0.717, 1.165) is 0 Å². The summed E-state index contributed by atoms with van der Waals surface area (Å²) >= 11 is 0. The van der Waals surface area contributed by atoms with Crippen molar-refractivity contribution in [3.8, 4) is 0 Å². The summed E-state index contributed by atoms with van der Waals surface area (Å²) in [4.78, 5) is 0. The van der Waals surface area contributed by atoms with E-state index in [-0.39, 0.29) is 11.5 Å². The predicted molar refractivity (Wildman–Crippen MR) is 39.9 cm³/mol. The van der Waals surface area contributed by atoms with Gasteiger partial charge in [0.2, 0.25) is 6.61 Å². The van der Waals surface area contributed by atoms with Gasteiger partial charge in [-0.3, -0.25) is 0 Å². The lowest BCUT2D eigenvalue weighted by molar-refractivity contribution is -0.451. The van der Waals surface area contributed by atoms with E-state index in [1.165, 1.54) is 0 Å². The molecule has 1 rings (SSSR count). The Kier molecular flexibility index (Phi) is 1.71. The van der Waals surface area contributed by atoms with Crippen LogP contribution in [0.3, 0.4) is 0 Å². The van der Waals surface area contributed by atoms with Crippen molar-refractivity contribution >= 4 is 5.97 Å². The maximum absolute atomic E-state index is 5.42. The second-order valence-electron chi connectivity index (χ2n) is 3.78. The molecule has 10 heavy (non-hydrogen) atoms. The van der Waals surface area contributed by atoms with Crippen molar-refractivity contribution < 1.29 is 9.16 Å². The Bertz CT molecular complexity index is 153. The van der Waals surface area contributed by atoms with Crippen LogP contribution < -0.4 is 0 Å². The van der Waals surface area contributed by atoms with Gasteiger partial charge in [0.25, 0.3) is 6.10 Å². The Morgan fingerprint density at radius 1 is 1.50 bits per heavy atom. The van der Waals surface area contributed by atoms with Crippen LogP contribution in [-0.2, 0) is 9.16 Å². The summed E-state index contributed by atoms with van der Waals surface area (Å²) in [6.45, 7) is 9.01. The lowest BCUT2D eigenvalue weighted by Crippen LogP contribution is -2.29. The van der Waals surface area contributed by atoms with Crippen molar-refractivity contribution in [1.29, 1.82) is 0 Å². The molecule has 58 valence electrons. The van der Waals surface area contributed by atoms with Crippen LogP contribution >= 0.6 is 0 Å². The summed E-state index contributed by atoms with van der Waals surface area (Å²) in [6.07, 6.45) is 0.229. The predicted octanol–water partition coefficient (Wildman–Crippen LogP) is 1.51. The molecule has 0 spiro atoms. The molecule has 1 aliphatic rings. The molecule has 0 saturated heterocycles. The number of esters is 1. The third-order valence-corrected chi connectivity index (χ3v) is 1.71. The van der Waals surface area contributed by atoms with Crippen molar-refractivity contribution in [2.45, 2.75) is 33.8 Å². The highest BCUT2D eigenvalue weighted by molar-refractivity contribution is 5.67. The number of hydrogen-bond donors (Lipinski definition) is 0. The minimum atomic E-state index is 0.192. The lowest BCUT2D eigenvalue weighted by atomic mass is 9.90. The van der Waals surface area contributed by atoms with Gasteiger partial charge in [-0.2, -0.15) is 0 Å². The molecule has 2 heteroatoms. The first kappa shape index (κ1) is 7.58. The Labute approximate surface area is 61.9 Å². The third kappa shape index (κ3) is 1.49. The van der Waals surface area contributed by atoms with Crippen LogP contribution in [0.4, 0.5) is 0 Å². The molecule has 2 nitrogen and oxygen atoms in total. The van der Waals surface area contributed by atoms with Crippen molar-refractivity contribution in [2.24, 2.45) is 5.41 Å². The van der Waals surface area contributed by atoms with Crippen LogP contribution in [0.5, 0.6) is 0 Å². The highest BCUT2D eigenvalue weighted by Gasteiger charge is 2.39. The summed E-state index contributed by atoms with van der Waals surface area (Å²) in [7, 11) is 0. The number of ether oxygens (including phenoxy) is 1. The van der Waals surface area contributed by atoms with Gasteiger partial charge in [-0.1, -0.05) is 20.8 Å². The molecule has 0 aromatic carbocycles. The topological polar surface area (TPSA) is 20.5 Å². The third-order valence-electron chi connectivity index (χ3n) is 1.71. The van der Waals surface area contributed by atoms with Gasteiger partial charge in [0, 0.05) is 5.41 Å². The molecule has 0 saturated carbocycles. The molecule has 0 aliphatic carbocycles. The molecule has 1 heterocycles. The van der Waals surface area contributed by atoms with Crippen LogP contribution in [0, 0.1) is 5.41 Å². The number of cyclic esters (lactones) is 1. The number of carbonyl (C=O) groups excluding carboxylic acids is 1. The van der Waals surface area contributed by atoms with Crippen LogP contribution in [-0.4, -0.2) is 18.7 Å². The second kappa shape index (κ2) is 2.26. The van der Waals surface area contributed by atoms with E-state index in [9.17, 15) is 0 Å². The zero-order valence-electron chi connectivity index (χ0n) is 7.10. The van der Waals surface area contributed by atoms with Crippen molar-refractivity contribution in [2.75, 3.05) is 6.61 Å². The SMILES string of the molecule is CC1=[O+]CC(C(C)(C)C)O1. The van der Waals surface area contributed by atoms with Gasteiger partial charge in [0.15, 0.2) is 0 Å². The molecule has 0 amide bonds. The van der Waals surface area contributed by atoms with E-state index >= 15 is 0 Å².